The fourth-order valence-electron chi connectivity index (χ4n) is 2.85. The standard InChI is InChI=1S/C18H18ClN3O3/c1-11-8-14(19)3-5-16(11)21-17(23)20-15-4-2-13-10-22(18(24)25)7-6-12(13)9-15/h2-5,8-9H,6-7,10H2,1H3,(H,24,25)(H2,20,21,23). The second-order valence-corrected chi connectivity index (χ2v) is 6.41. The molecule has 0 saturated heterocycles. The fourth-order valence-corrected chi connectivity index (χ4v) is 3.07. The number of hydrogen-bond donors (Lipinski definition) is 3. The molecule has 3 amide bonds. The van der Waals surface area contributed by atoms with Gasteiger partial charge in [-0.25, -0.2) is 9.59 Å². The number of carbonyl (C=O) groups is 2. The lowest BCUT2D eigenvalue weighted by atomic mass is 9.99. The summed E-state index contributed by atoms with van der Waals surface area (Å²) in [5, 5.41) is 15.3. The highest BCUT2D eigenvalue weighted by atomic mass is 35.5. The molecule has 1 aliphatic heterocycles. The molecule has 0 bridgehead atoms. The average molecular weight is 360 g/mol. The van der Waals surface area contributed by atoms with Crippen LogP contribution in [0.5, 0.6) is 0 Å². The molecule has 0 atom stereocenters. The number of fused-ring (bicyclic) bond motifs is 1. The number of aryl methyl sites for hydroxylation is 1. The molecule has 0 aromatic heterocycles. The van der Waals surface area contributed by atoms with Crippen LogP contribution < -0.4 is 10.6 Å². The van der Waals surface area contributed by atoms with Crippen molar-refractivity contribution in [3.63, 3.8) is 0 Å². The van der Waals surface area contributed by atoms with Crippen molar-refractivity contribution < 1.29 is 14.7 Å². The average Bonchev–Trinajstić information content (AvgIpc) is 2.57. The highest BCUT2D eigenvalue weighted by Crippen LogP contribution is 2.23. The van der Waals surface area contributed by atoms with Crippen molar-refractivity contribution in [3.05, 3.63) is 58.1 Å². The minimum absolute atomic E-state index is 0.339. The Morgan fingerprint density at radius 3 is 2.64 bits per heavy atom. The van der Waals surface area contributed by atoms with Crippen molar-refractivity contribution in [3.8, 4) is 0 Å². The minimum atomic E-state index is -0.912. The van der Waals surface area contributed by atoms with Gasteiger partial charge >= 0.3 is 12.1 Å². The third kappa shape index (κ3) is 4.03. The van der Waals surface area contributed by atoms with Crippen LogP contribution in [-0.4, -0.2) is 28.7 Å². The molecule has 1 heterocycles. The van der Waals surface area contributed by atoms with Gasteiger partial charge in [-0.3, -0.25) is 0 Å². The van der Waals surface area contributed by atoms with E-state index in [9.17, 15) is 9.59 Å². The monoisotopic (exact) mass is 359 g/mol. The third-order valence-corrected chi connectivity index (χ3v) is 4.42. The van der Waals surface area contributed by atoms with Crippen molar-refractivity contribution in [1.82, 2.24) is 4.90 Å². The maximum Gasteiger partial charge on any atom is 0.407 e. The summed E-state index contributed by atoms with van der Waals surface area (Å²) in [6.45, 7) is 2.71. The maximum atomic E-state index is 12.2. The summed E-state index contributed by atoms with van der Waals surface area (Å²) in [5.41, 5.74) is 4.26. The van der Waals surface area contributed by atoms with Gasteiger partial charge in [0.1, 0.15) is 0 Å². The van der Waals surface area contributed by atoms with Crippen LogP contribution in [0, 0.1) is 6.92 Å². The number of anilines is 2. The Morgan fingerprint density at radius 1 is 1.12 bits per heavy atom. The lowest BCUT2D eigenvalue weighted by Gasteiger charge is -2.26. The first-order valence-corrected chi connectivity index (χ1v) is 8.24. The van der Waals surface area contributed by atoms with E-state index in [0.29, 0.717) is 35.9 Å². The second-order valence-electron chi connectivity index (χ2n) is 5.98. The lowest BCUT2D eigenvalue weighted by Crippen LogP contribution is -2.34. The molecule has 3 N–H and O–H groups in total. The van der Waals surface area contributed by atoms with E-state index in [2.05, 4.69) is 10.6 Å². The normalized spacial score (nSPS) is 13.1. The van der Waals surface area contributed by atoms with E-state index in [1.54, 1.807) is 24.3 Å². The molecule has 0 radical (unpaired) electrons. The molecule has 3 rings (SSSR count). The van der Waals surface area contributed by atoms with Crippen LogP contribution in [0.25, 0.3) is 0 Å². The van der Waals surface area contributed by atoms with Crippen molar-refractivity contribution in [2.45, 2.75) is 19.9 Å². The first kappa shape index (κ1) is 17.1. The van der Waals surface area contributed by atoms with E-state index >= 15 is 0 Å². The minimum Gasteiger partial charge on any atom is -0.465 e. The van der Waals surface area contributed by atoms with Crippen LogP contribution in [0.15, 0.2) is 36.4 Å². The van der Waals surface area contributed by atoms with Gasteiger partial charge in [0, 0.05) is 29.5 Å². The van der Waals surface area contributed by atoms with E-state index in [-0.39, 0.29) is 6.03 Å². The summed E-state index contributed by atoms with van der Waals surface area (Å²) in [5.74, 6) is 0. The largest absolute Gasteiger partial charge is 0.465 e. The summed E-state index contributed by atoms with van der Waals surface area (Å²) in [4.78, 5) is 24.6. The van der Waals surface area contributed by atoms with Gasteiger partial charge in [0.15, 0.2) is 0 Å². The van der Waals surface area contributed by atoms with Gasteiger partial charge in [0.2, 0.25) is 0 Å². The number of hydrogen-bond acceptors (Lipinski definition) is 2. The highest BCUT2D eigenvalue weighted by Gasteiger charge is 2.20. The van der Waals surface area contributed by atoms with Crippen LogP contribution in [-0.2, 0) is 13.0 Å². The zero-order valence-corrected chi connectivity index (χ0v) is 14.4. The molecule has 0 spiro atoms. The summed E-state index contributed by atoms with van der Waals surface area (Å²) in [7, 11) is 0. The summed E-state index contributed by atoms with van der Waals surface area (Å²) in [6, 6.07) is 10.4. The Kier molecular flexibility index (Phi) is 4.81. The summed E-state index contributed by atoms with van der Waals surface area (Å²) >= 11 is 5.91. The fraction of sp³-hybridized carbons (Fsp3) is 0.222. The Morgan fingerprint density at radius 2 is 1.92 bits per heavy atom. The van der Waals surface area contributed by atoms with Gasteiger partial charge in [0.25, 0.3) is 0 Å². The number of nitrogens with one attached hydrogen (secondary N) is 2. The highest BCUT2D eigenvalue weighted by molar-refractivity contribution is 6.30. The predicted octanol–water partition coefficient (Wildman–Crippen LogP) is 4.33. The molecule has 0 saturated carbocycles. The number of nitrogens with zero attached hydrogens (tertiary/aromatic N) is 1. The van der Waals surface area contributed by atoms with E-state index in [0.717, 1.165) is 16.7 Å². The van der Waals surface area contributed by atoms with Crippen LogP contribution >= 0.6 is 11.6 Å². The Hall–Kier alpha value is -2.73. The molecule has 0 fully saturated rings. The molecule has 0 aliphatic carbocycles. The van der Waals surface area contributed by atoms with Gasteiger partial charge in [0.05, 0.1) is 0 Å². The predicted molar refractivity (Wildman–Crippen MR) is 97.4 cm³/mol. The quantitative estimate of drug-likeness (QED) is 0.746. The molecule has 0 unspecified atom stereocenters. The van der Waals surface area contributed by atoms with E-state index < -0.39 is 6.09 Å². The smallest absolute Gasteiger partial charge is 0.407 e. The van der Waals surface area contributed by atoms with Crippen molar-refractivity contribution in [1.29, 1.82) is 0 Å². The molecule has 2 aromatic rings. The molecule has 7 heteroatoms. The lowest BCUT2D eigenvalue weighted by molar-refractivity contribution is 0.140. The Bertz CT molecular complexity index is 838. The topological polar surface area (TPSA) is 81.7 Å². The first-order chi connectivity index (χ1) is 11.9. The SMILES string of the molecule is Cc1cc(Cl)ccc1NC(=O)Nc1ccc2c(c1)CCN(C(=O)O)C2. The van der Waals surface area contributed by atoms with Crippen LogP contribution in [0.4, 0.5) is 21.0 Å². The van der Waals surface area contributed by atoms with Gasteiger partial charge in [-0.1, -0.05) is 17.7 Å². The van der Waals surface area contributed by atoms with E-state index in [1.807, 2.05) is 19.1 Å². The molecular weight excluding hydrogens is 342 g/mol. The number of carboxylic acid groups (broad SMARTS) is 1. The maximum absolute atomic E-state index is 12.2. The molecule has 130 valence electrons. The zero-order chi connectivity index (χ0) is 18.0. The number of urea groups is 1. The number of amides is 3. The van der Waals surface area contributed by atoms with E-state index in [4.69, 9.17) is 16.7 Å². The van der Waals surface area contributed by atoms with Crippen LogP contribution in [0.1, 0.15) is 16.7 Å². The molecule has 2 aromatic carbocycles. The third-order valence-electron chi connectivity index (χ3n) is 4.18. The number of benzene rings is 2. The zero-order valence-electron chi connectivity index (χ0n) is 13.7. The second kappa shape index (κ2) is 7.03. The number of rotatable bonds is 2. The molecule has 1 aliphatic rings. The number of carbonyl (C=O) groups excluding carboxylic acids is 1. The Balaban J connectivity index is 1.67. The van der Waals surface area contributed by atoms with Crippen molar-refractivity contribution in [2.75, 3.05) is 17.2 Å². The first-order valence-electron chi connectivity index (χ1n) is 7.86. The molecule has 25 heavy (non-hydrogen) atoms. The Labute approximate surface area is 150 Å². The van der Waals surface area contributed by atoms with Gasteiger partial charge < -0.3 is 20.6 Å². The number of halogens is 1. The van der Waals surface area contributed by atoms with Crippen molar-refractivity contribution >= 4 is 35.1 Å². The van der Waals surface area contributed by atoms with Crippen LogP contribution in [0.3, 0.4) is 0 Å². The molecule has 6 nitrogen and oxygen atoms in total. The summed E-state index contributed by atoms with van der Waals surface area (Å²) in [6.07, 6.45) is -0.278. The summed E-state index contributed by atoms with van der Waals surface area (Å²) < 4.78 is 0. The van der Waals surface area contributed by atoms with Crippen LogP contribution in [0.2, 0.25) is 5.02 Å². The van der Waals surface area contributed by atoms with Gasteiger partial charge in [-0.15, -0.1) is 0 Å². The van der Waals surface area contributed by atoms with Gasteiger partial charge in [-0.05, 0) is 60.4 Å². The van der Waals surface area contributed by atoms with Crippen molar-refractivity contribution in [2.24, 2.45) is 0 Å². The van der Waals surface area contributed by atoms with Gasteiger partial charge in [-0.2, -0.15) is 0 Å². The molecular formula is C18H18ClN3O3. The van der Waals surface area contributed by atoms with E-state index in [1.165, 1.54) is 4.90 Å².